The molecule has 3 aromatic carbocycles. The third kappa shape index (κ3) is 5.22. The molecule has 0 bridgehead atoms. The lowest BCUT2D eigenvalue weighted by Crippen LogP contribution is -2.29. The monoisotopic (exact) mass is 534 g/mol. The number of nitrogens with zero attached hydrogens (tertiary/aromatic N) is 2. The number of nitrogen functional groups attached to an aromatic ring is 1. The van der Waals surface area contributed by atoms with Gasteiger partial charge in [-0.25, -0.2) is 4.39 Å². The van der Waals surface area contributed by atoms with Crippen molar-refractivity contribution < 1.29 is 19.1 Å². The minimum Gasteiger partial charge on any atom is -0.481 e. The molecule has 0 radical (unpaired) electrons. The molecule has 2 unspecified atom stereocenters. The van der Waals surface area contributed by atoms with Crippen molar-refractivity contribution in [1.82, 2.24) is 5.32 Å². The Hall–Kier alpha value is -3.91. The van der Waals surface area contributed by atoms with Gasteiger partial charge in [-0.1, -0.05) is 29.8 Å². The number of carbonyl (C=O) groups is 2. The van der Waals surface area contributed by atoms with Crippen molar-refractivity contribution in [1.29, 1.82) is 0 Å². The first-order valence-electron chi connectivity index (χ1n) is 12.6. The van der Waals surface area contributed by atoms with Crippen LogP contribution in [0.5, 0.6) is 0 Å². The molecule has 5 rings (SSSR count). The van der Waals surface area contributed by atoms with E-state index in [1.165, 1.54) is 12.1 Å². The van der Waals surface area contributed by atoms with Crippen LogP contribution in [-0.4, -0.2) is 29.2 Å². The highest BCUT2D eigenvalue weighted by molar-refractivity contribution is 6.33. The number of anilines is 2. The topological polar surface area (TPSA) is 108 Å². The van der Waals surface area contributed by atoms with Gasteiger partial charge in [0, 0.05) is 30.0 Å². The highest BCUT2D eigenvalue weighted by atomic mass is 35.5. The highest BCUT2D eigenvalue weighted by Gasteiger charge is 2.42. The Morgan fingerprint density at radius 3 is 2.63 bits per heavy atom. The maximum Gasteiger partial charge on any atom is 0.303 e. The fourth-order valence-corrected chi connectivity index (χ4v) is 5.41. The first-order chi connectivity index (χ1) is 18.3. The molecule has 1 aliphatic carbocycles. The number of carbonyl (C=O) groups excluding carboxylic acids is 1. The van der Waals surface area contributed by atoms with Gasteiger partial charge in [0.1, 0.15) is 5.82 Å². The molecule has 1 amide bonds. The van der Waals surface area contributed by atoms with Crippen LogP contribution in [0.3, 0.4) is 0 Å². The predicted molar refractivity (Wildman–Crippen MR) is 146 cm³/mol. The number of halogens is 2. The van der Waals surface area contributed by atoms with Gasteiger partial charge in [0.05, 0.1) is 28.2 Å². The zero-order valence-electron chi connectivity index (χ0n) is 20.7. The number of hydrogen-bond donors (Lipinski definition) is 3. The molecule has 1 aliphatic heterocycles. The van der Waals surface area contributed by atoms with E-state index in [1.807, 2.05) is 23.2 Å². The van der Waals surface area contributed by atoms with E-state index in [-0.39, 0.29) is 30.1 Å². The molecule has 1 heterocycles. The Bertz CT molecular complexity index is 1410. The number of hydrogen-bond acceptors (Lipinski definition) is 5. The summed E-state index contributed by atoms with van der Waals surface area (Å²) in [5, 5.41) is 19.0. The second-order valence-electron chi connectivity index (χ2n) is 9.66. The van der Waals surface area contributed by atoms with E-state index in [2.05, 4.69) is 5.32 Å². The normalized spacial score (nSPS) is 17.9. The number of nitrogens with two attached hydrogens (primary N) is 1. The molecule has 7 nitrogen and oxygen atoms in total. The Labute approximate surface area is 225 Å². The van der Waals surface area contributed by atoms with Crippen molar-refractivity contribution in [2.75, 3.05) is 17.3 Å². The fraction of sp³-hybridized carbons (Fsp3) is 0.276. The van der Waals surface area contributed by atoms with Gasteiger partial charge in [-0.05, 0) is 79.3 Å². The first-order valence-corrected chi connectivity index (χ1v) is 13.0. The van der Waals surface area contributed by atoms with Crippen molar-refractivity contribution >= 4 is 40.6 Å². The maximum atomic E-state index is 13.7. The Balaban J connectivity index is 1.42. The third-order valence-electron chi connectivity index (χ3n) is 7.14. The van der Waals surface area contributed by atoms with Gasteiger partial charge in [0.2, 0.25) is 0 Å². The SMILES string of the molecule is Nc1ccc(N2N=C3c4ccc(C(=O)NCCCCC(=O)O)cc4CCC3C2c2ccc(F)cc2)cc1Cl. The number of carboxylic acids is 1. The number of aliphatic carboxylic acids is 1. The molecule has 2 atom stereocenters. The summed E-state index contributed by atoms with van der Waals surface area (Å²) in [5.41, 5.74) is 11.7. The average Bonchev–Trinajstić information content (AvgIpc) is 3.30. The second kappa shape index (κ2) is 10.8. The van der Waals surface area contributed by atoms with E-state index < -0.39 is 5.97 Å². The van der Waals surface area contributed by atoms with Crippen molar-refractivity contribution in [3.8, 4) is 0 Å². The number of fused-ring (bicyclic) bond motifs is 3. The smallest absolute Gasteiger partial charge is 0.303 e. The van der Waals surface area contributed by atoms with Crippen LogP contribution < -0.4 is 16.1 Å². The van der Waals surface area contributed by atoms with Crippen LogP contribution in [0, 0.1) is 11.7 Å². The largest absolute Gasteiger partial charge is 0.481 e. The second-order valence-corrected chi connectivity index (χ2v) is 10.1. The van der Waals surface area contributed by atoms with Crippen LogP contribution in [0.15, 0.2) is 65.8 Å². The predicted octanol–water partition coefficient (Wildman–Crippen LogP) is 5.57. The molecule has 0 spiro atoms. The fourth-order valence-electron chi connectivity index (χ4n) is 5.24. The van der Waals surface area contributed by atoms with Crippen molar-refractivity contribution in [3.05, 3.63) is 93.8 Å². The summed E-state index contributed by atoms with van der Waals surface area (Å²) in [6, 6.07) is 17.4. The number of nitrogens with one attached hydrogen (secondary N) is 1. The van der Waals surface area contributed by atoms with Crippen molar-refractivity contribution in [2.24, 2.45) is 11.0 Å². The van der Waals surface area contributed by atoms with Gasteiger partial charge < -0.3 is 16.2 Å². The summed E-state index contributed by atoms with van der Waals surface area (Å²) in [5.74, 6) is -1.24. The first kappa shape index (κ1) is 25.7. The number of amides is 1. The van der Waals surface area contributed by atoms with Crippen molar-refractivity contribution in [3.63, 3.8) is 0 Å². The maximum absolute atomic E-state index is 13.7. The summed E-state index contributed by atoms with van der Waals surface area (Å²) >= 11 is 6.34. The number of aryl methyl sites for hydroxylation is 1. The zero-order valence-corrected chi connectivity index (χ0v) is 21.4. The quantitative estimate of drug-likeness (QED) is 0.258. The number of rotatable bonds is 8. The minimum atomic E-state index is -0.834. The molecule has 38 heavy (non-hydrogen) atoms. The zero-order chi connectivity index (χ0) is 26.8. The van der Waals surface area contributed by atoms with E-state index in [0.29, 0.717) is 35.7 Å². The van der Waals surface area contributed by atoms with Crippen LogP contribution in [-0.2, 0) is 11.2 Å². The molecule has 4 N–H and O–H groups in total. The summed E-state index contributed by atoms with van der Waals surface area (Å²) in [6.45, 7) is 0.427. The highest BCUT2D eigenvalue weighted by Crippen LogP contribution is 2.46. The molecule has 0 fully saturated rings. The molecule has 3 aromatic rings. The molecular formula is C29H28ClFN4O3. The van der Waals surface area contributed by atoms with E-state index in [9.17, 15) is 14.0 Å². The summed E-state index contributed by atoms with van der Waals surface area (Å²) in [7, 11) is 0. The lowest BCUT2D eigenvalue weighted by Gasteiger charge is -2.31. The van der Waals surface area contributed by atoms with Crippen molar-refractivity contribution in [2.45, 2.75) is 38.1 Å². The van der Waals surface area contributed by atoms with Gasteiger partial charge in [-0.3, -0.25) is 14.6 Å². The van der Waals surface area contributed by atoms with Crippen LogP contribution in [0.25, 0.3) is 0 Å². The van der Waals surface area contributed by atoms with Gasteiger partial charge >= 0.3 is 5.97 Å². The lowest BCUT2D eigenvalue weighted by molar-refractivity contribution is -0.137. The van der Waals surface area contributed by atoms with Crippen LogP contribution in [0.1, 0.15) is 58.8 Å². The van der Waals surface area contributed by atoms with Crippen LogP contribution >= 0.6 is 11.6 Å². The summed E-state index contributed by atoms with van der Waals surface area (Å²) in [4.78, 5) is 23.3. The molecule has 196 valence electrons. The average molecular weight is 535 g/mol. The Morgan fingerprint density at radius 2 is 1.89 bits per heavy atom. The van der Waals surface area contributed by atoms with E-state index in [4.69, 9.17) is 27.5 Å². The summed E-state index contributed by atoms with van der Waals surface area (Å²) in [6.07, 6.45) is 2.81. The van der Waals surface area contributed by atoms with Gasteiger partial charge in [-0.2, -0.15) is 5.10 Å². The van der Waals surface area contributed by atoms with Gasteiger partial charge in [0.15, 0.2) is 0 Å². The molecule has 2 aliphatic rings. The number of carboxylic acid groups (broad SMARTS) is 1. The molecule has 9 heteroatoms. The lowest BCUT2D eigenvalue weighted by atomic mass is 9.77. The van der Waals surface area contributed by atoms with Crippen LogP contribution in [0.2, 0.25) is 5.02 Å². The Morgan fingerprint density at radius 1 is 1.11 bits per heavy atom. The molecule has 0 aromatic heterocycles. The molecular weight excluding hydrogens is 507 g/mol. The minimum absolute atomic E-state index is 0.0678. The van der Waals surface area contributed by atoms with Gasteiger partial charge in [0.25, 0.3) is 5.91 Å². The Kier molecular flexibility index (Phi) is 7.33. The number of hydrazone groups is 1. The van der Waals surface area contributed by atoms with E-state index in [1.54, 1.807) is 30.3 Å². The number of unbranched alkanes of at least 4 members (excludes halogenated alkanes) is 1. The molecule has 0 saturated carbocycles. The standard InChI is InChI=1S/C29H28ClFN4O3/c30-24-16-21(10-13-25(24)32)35-28(17-4-8-20(31)9-5-17)23-12-6-18-15-19(7-11-22(18)27(23)34-35)29(38)33-14-2-1-3-26(36)37/h4-5,7-11,13,15-16,23,28H,1-3,6,12,14,32H2,(H,33,38)(H,36,37). The molecule has 0 saturated heterocycles. The van der Waals surface area contributed by atoms with Crippen LogP contribution in [0.4, 0.5) is 15.8 Å². The van der Waals surface area contributed by atoms with Gasteiger partial charge in [-0.15, -0.1) is 0 Å². The summed E-state index contributed by atoms with van der Waals surface area (Å²) < 4.78 is 13.7. The number of benzene rings is 3. The van der Waals surface area contributed by atoms with E-state index >= 15 is 0 Å². The van der Waals surface area contributed by atoms with E-state index in [0.717, 1.165) is 40.9 Å². The third-order valence-corrected chi connectivity index (χ3v) is 7.47.